The summed E-state index contributed by atoms with van der Waals surface area (Å²) in [4.78, 5) is 23.2. The minimum Gasteiger partial charge on any atom is -0.497 e. The summed E-state index contributed by atoms with van der Waals surface area (Å²) in [5.41, 5.74) is 1.01. The predicted molar refractivity (Wildman–Crippen MR) is 97.2 cm³/mol. The number of Topliss-reactive ketones (excluding diaryl/α,β-unsaturated/α-hetero) is 1. The molecule has 0 spiro atoms. The van der Waals surface area contributed by atoms with Crippen molar-refractivity contribution in [2.75, 3.05) is 21.3 Å². The van der Waals surface area contributed by atoms with Gasteiger partial charge >= 0.3 is 5.69 Å². The van der Waals surface area contributed by atoms with Crippen LogP contribution in [0.5, 0.6) is 17.2 Å². The number of carbonyl (C=O) groups excluding carboxylic acids is 1. The van der Waals surface area contributed by atoms with Gasteiger partial charge in [-0.15, -0.1) is 0 Å². The smallest absolute Gasteiger partial charge is 0.311 e. The number of nitro benzene ring substituents is 1. The summed E-state index contributed by atoms with van der Waals surface area (Å²) in [5.74, 6) is 0.972. The van der Waals surface area contributed by atoms with Gasteiger partial charge in [0, 0.05) is 17.2 Å². The molecule has 7 nitrogen and oxygen atoms in total. The Bertz CT molecular complexity index is 872. The molecule has 0 heterocycles. The number of methoxy groups -OCH3 is 3. The maximum absolute atomic E-state index is 12.7. The first kappa shape index (κ1) is 19.0. The van der Waals surface area contributed by atoms with E-state index in [1.807, 2.05) is 0 Å². The molecule has 0 amide bonds. The average molecular weight is 357 g/mol. The van der Waals surface area contributed by atoms with Crippen LogP contribution in [0.15, 0.2) is 42.0 Å². The normalized spacial score (nSPS) is 11.0. The molecule has 0 aliphatic rings. The zero-order chi connectivity index (χ0) is 19.3. The van der Waals surface area contributed by atoms with E-state index in [1.54, 1.807) is 38.3 Å². The molecule has 136 valence electrons. The van der Waals surface area contributed by atoms with Gasteiger partial charge in [-0.25, -0.2) is 0 Å². The minimum atomic E-state index is -0.584. The van der Waals surface area contributed by atoms with Crippen LogP contribution in [-0.4, -0.2) is 32.0 Å². The number of nitro groups is 1. The second-order valence-corrected chi connectivity index (χ2v) is 5.41. The van der Waals surface area contributed by atoms with E-state index in [-0.39, 0.29) is 22.8 Å². The summed E-state index contributed by atoms with van der Waals surface area (Å²) >= 11 is 0. The molecule has 0 bridgehead atoms. The van der Waals surface area contributed by atoms with Crippen molar-refractivity contribution in [3.05, 3.63) is 63.2 Å². The van der Waals surface area contributed by atoms with Crippen molar-refractivity contribution in [3.63, 3.8) is 0 Å². The molecule has 2 aromatic carbocycles. The summed E-state index contributed by atoms with van der Waals surface area (Å²) in [7, 11) is 4.41. The fraction of sp³-hybridized carbons (Fsp3) is 0.211. The molecule has 0 fully saturated rings. The Labute approximate surface area is 151 Å². The monoisotopic (exact) mass is 357 g/mol. The number of ether oxygens (including phenoxy) is 3. The molecule has 7 heteroatoms. The largest absolute Gasteiger partial charge is 0.497 e. The third-order valence-corrected chi connectivity index (χ3v) is 3.80. The third kappa shape index (κ3) is 4.00. The second kappa shape index (κ2) is 8.15. The standard InChI is InChI=1S/C19H19NO6/c1-12(9-14-10-15(24-2)6-8-17(14)25-3)19(21)13-5-7-18(26-4)16(11-13)20(22)23/h5-11H,1-4H3. The Morgan fingerprint density at radius 1 is 1.00 bits per heavy atom. The van der Waals surface area contributed by atoms with Crippen LogP contribution in [0.3, 0.4) is 0 Å². The van der Waals surface area contributed by atoms with E-state index in [2.05, 4.69) is 0 Å². The summed E-state index contributed by atoms with van der Waals surface area (Å²) < 4.78 is 15.4. The van der Waals surface area contributed by atoms with E-state index >= 15 is 0 Å². The second-order valence-electron chi connectivity index (χ2n) is 5.41. The van der Waals surface area contributed by atoms with Gasteiger partial charge < -0.3 is 14.2 Å². The van der Waals surface area contributed by atoms with Crippen LogP contribution in [-0.2, 0) is 0 Å². The Morgan fingerprint density at radius 2 is 1.65 bits per heavy atom. The summed E-state index contributed by atoms with van der Waals surface area (Å²) in [6.45, 7) is 1.64. The fourth-order valence-corrected chi connectivity index (χ4v) is 2.45. The topological polar surface area (TPSA) is 87.9 Å². The fourth-order valence-electron chi connectivity index (χ4n) is 2.45. The highest BCUT2D eigenvalue weighted by molar-refractivity contribution is 6.11. The van der Waals surface area contributed by atoms with Gasteiger partial charge in [0.2, 0.25) is 0 Å². The molecule has 0 aliphatic carbocycles. The van der Waals surface area contributed by atoms with Crippen molar-refractivity contribution in [1.82, 2.24) is 0 Å². The van der Waals surface area contributed by atoms with Gasteiger partial charge in [-0.05, 0) is 48.9 Å². The number of allylic oxidation sites excluding steroid dienone is 1. The van der Waals surface area contributed by atoms with E-state index in [0.717, 1.165) is 0 Å². The SMILES string of the molecule is COc1ccc(OC)c(C=C(C)C(=O)c2ccc(OC)c([N+](=O)[O-])c2)c1. The Kier molecular flexibility index (Phi) is 5.95. The van der Waals surface area contributed by atoms with Gasteiger partial charge in [-0.1, -0.05) is 0 Å². The molecule has 2 rings (SSSR count). The van der Waals surface area contributed by atoms with Crippen molar-refractivity contribution in [2.45, 2.75) is 6.92 Å². The minimum absolute atomic E-state index is 0.0997. The molecule has 0 saturated heterocycles. The number of hydrogen-bond donors (Lipinski definition) is 0. The molecular formula is C19H19NO6. The third-order valence-electron chi connectivity index (χ3n) is 3.80. The predicted octanol–water partition coefficient (Wildman–Crippen LogP) is 3.91. The highest BCUT2D eigenvalue weighted by atomic mass is 16.6. The number of nitrogens with zero attached hydrogens (tertiary/aromatic N) is 1. The van der Waals surface area contributed by atoms with Crippen molar-refractivity contribution >= 4 is 17.5 Å². The lowest BCUT2D eigenvalue weighted by Crippen LogP contribution is -2.03. The molecule has 0 N–H and O–H groups in total. The molecular weight excluding hydrogens is 338 g/mol. The summed E-state index contributed by atoms with van der Waals surface area (Å²) in [6.07, 6.45) is 1.65. The van der Waals surface area contributed by atoms with Crippen LogP contribution in [0.4, 0.5) is 5.69 Å². The first-order chi connectivity index (χ1) is 12.4. The quantitative estimate of drug-likeness (QED) is 0.323. The van der Waals surface area contributed by atoms with E-state index < -0.39 is 4.92 Å². The highest BCUT2D eigenvalue weighted by Crippen LogP contribution is 2.30. The Balaban J connectivity index is 2.42. The molecule has 0 saturated carbocycles. The summed E-state index contributed by atoms with van der Waals surface area (Å²) in [5, 5.41) is 11.1. The molecule has 0 unspecified atom stereocenters. The lowest BCUT2D eigenvalue weighted by atomic mass is 10.0. The zero-order valence-electron chi connectivity index (χ0n) is 14.9. The Morgan fingerprint density at radius 3 is 2.23 bits per heavy atom. The van der Waals surface area contributed by atoms with Gasteiger partial charge in [0.1, 0.15) is 11.5 Å². The van der Waals surface area contributed by atoms with Crippen LogP contribution in [0.1, 0.15) is 22.8 Å². The van der Waals surface area contributed by atoms with E-state index in [4.69, 9.17) is 14.2 Å². The van der Waals surface area contributed by atoms with Gasteiger partial charge in [-0.3, -0.25) is 14.9 Å². The van der Waals surface area contributed by atoms with Crippen molar-refractivity contribution in [3.8, 4) is 17.2 Å². The van der Waals surface area contributed by atoms with Gasteiger partial charge in [0.05, 0.1) is 26.3 Å². The number of ketones is 1. The molecule has 0 atom stereocenters. The van der Waals surface area contributed by atoms with E-state index in [9.17, 15) is 14.9 Å². The number of rotatable bonds is 7. The van der Waals surface area contributed by atoms with Crippen LogP contribution in [0, 0.1) is 10.1 Å². The molecule has 0 aromatic heterocycles. The average Bonchev–Trinajstić information content (AvgIpc) is 2.66. The van der Waals surface area contributed by atoms with Gasteiger partial charge in [0.15, 0.2) is 11.5 Å². The van der Waals surface area contributed by atoms with Crippen LogP contribution < -0.4 is 14.2 Å². The van der Waals surface area contributed by atoms with Crippen molar-refractivity contribution in [2.24, 2.45) is 0 Å². The number of benzene rings is 2. The number of hydrogen-bond acceptors (Lipinski definition) is 6. The first-order valence-corrected chi connectivity index (χ1v) is 7.68. The van der Waals surface area contributed by atoms with Crippen LogP contribution >= 0.6 is 0 Å². The maximum Gasteiger partial charge on any atom is 0.311 e. The van der Waals surface area contributed by atoms with E-state index in [0.29, 0.717) is 22.6 Å². The Hall–Kier alpha value is -3.35. The summed E-state index contributed by atoms with van der Waals surface area (Å²) in [6, 6.07) is 9.34. The molecule has 2 aromatic rings. The van der Waals surface area contributed by atoms with Crippen molar-refractivity contribution in [1.29, 1.82) is 0 Å². The number of carbonyl (C=O) groups is 1. The van der Waals surface area contributed by atoms with Gasteiger partial charge in [-0.2, -0.15) is 0 Å². The zero-order valence-corrected chi connectivity index (χ0v) is 14.9. The van der Waals surface area contributed by atoms with Gasteiger partial charge in [0.25, 0.3) is 0 Å². The maximum atomic E-state index is 12.7. The lowest BCUT2D eigenvalue weighted by Gasteiger charge is -2.09. The first-order valence-electron chi connectivity index (χ1n) is 7.68. The molecule has 26 heavy (non-hydrogen) atoms. The molecule has 0 radical (unpaired) electrons. The van der Waals surface area contributed by atoms with Crippen LogP contribution in [0.2, 0.25) is 0 Å². The lowest BCUT2D eigenvalue weighted by molar-refractivity contribution is -0.385. The van der Waals surface area contributed by atoms with Crippen molar-refractivity contribution < 1.29 is 23.9 Å². The molecule has 0 aliphatic heterocycles. The van der Waals surface area contributed by atoms with E-state index in [1.165, 1.54) is 32.4 Å². The highest BCUT2D eigenvalue weighted by Gasteiger charge is 2.19. The van der Waals surface area contributed by atoms with Crippen LogP contribution in [0.25, 0.3) is 6.08 Å².